The molecule has 31 heavy (non-hydrogen) atoms. The summed E-state index contributed by atoms with van der Waals surface area (Å²) >= 11 is 4.68. The van der Waals surface area contributed by atoms with Crippen LogP contribution in [0.1, 0.15) is 5.69 Å². The summed E-state index contributed by atoms with van der Waals surface area (Å²) in [7, 11) is 0. The van der Waals surface area contributed by atoms with Gasteiger partial charge >= 0.3 is 6.03 Å². The zero-order valence-electron chi connectivity index (χ0n) is 16.6. The van der Waals surface area contributed by atoms with Gasteiger partial charge in [-0.1, -0.05) is 22.0 Å². The van der Waals surface area contributed by atoms with E-state index in [-0.39, 0.29) is 18.4 Å². The zero-order chi connectivity index (χ0) is 21.6. The summed E-state index contributed by atoms with van der Waals surface area (Å²) in [5.41, 5.74) is 1.34. The summed E-state index contributed by atoms with van der Waals surface area (Å²) in [6.07, 6.45) is 1.92. The number of anilines is 3. The molecule has 0 atom stereocenters. The average Bonchev–Trinajstić information content (AvgIpc) is 3.22. The van der Waals surface area contributed by atoms with E-state index < -0.39 is 0 Å². The minimum atomic E-state index is -0.180. The molecule has 0 unspecified atom stereocenters. The fourth-order valence-corrected chi connectivity index (χ4v) is 4.16. The van der Waals surface area contributed by atoms with E-state index >= 15 is 0 Å². The number of benzene rings is 1. The number of urea groups is 1. The molecule has 4 rings (SSSR count). The van der Waals surface area contributed by atoms with Crippen LogP contribution in [0.15, 0.2) is 58.5 Å². The quantitative estimate of drug-likeness (QED) is 0.555. The molecule has 3 aromatic rings. The first-order chi connectivity index (χ1) is 15.1. The Morgan fingerprint density at radius 1 is 1.03 bits per heavy atom. The number of pyridine rings is 1. The van der Waals surface area contributed by atoms with Gasteiger partial charge in [0, 0.05) is 47.9 Å². The number of nitrogens with one attached hydrogen (secondary N) is 2. The zero-order valence-corrected chi connectivity index (χ0v) is 19.0. The van der Waals surface area contributed by atoms with Crippen LogP contribution in [-0.2, 0) is 11.2 Å². The Labute approximate surface area is 192 Å². The van der Waals surface area contributed by atoms with Crippen LogP contribution in [0, 0.1) is 0 Å². The topological polar surface area (TPSA) is 90.5 Å². The lowest BCUT2D eigenvalue weighted by atomic mass is 10.3. The lowest BCUT2D eigenvalue weighted by molar-refractivity contribution is -0.115. The van der Waals surface area contributed by atoms with Gasteiger partial charge in [0.2, 0.25) is 5.91 Å². The fraction of sp³-hybridized carbons (Fsp3) is 0.238. The van der Waals surface area contributed by atoms with Crippen LogP contribution in [0.5, 0.6) is 0 Å². The Hall–Kier alpha value is -2.98. The largest absolute Gasteiger partial charge is 0.353 e. The number of hydrogen-bond acceptors (Lipinski definition) is 6. The summed E-state index contributed by atoms with van der Waals surface area (Å²) in [5, 5.41) is 7.95. The molecule has 1 aliphatic rings. The summed E-state index contributed by atoms with van der Waals surface area (Å²) < 4.78 is 0.948. The van der Waals surface area contributed by atoms with E-state index in [1.54, 1.807) is 16.5 Å². The van der Waals surface area contributed by atoms with E-state index in [0.29, 0.717) is 23.9 Å². The van der Waals surface area contributed by atoms with Gasteiger partial charge in [-0.3, -0.25) is 10.1 Å². The first-order valence-corrected chi connectivity index (χ1v) is 11.5. The highest BCUT2D eigenvalue weighted by molar-refractivity contribution is 9.10. The lowest BCUT2D eigenvalue weighted by Crippen LogP contribution is -2.50. The van der Waals surface area contributed by atoms with Gasteiger partial charge in [-0.2, -0.15) is 0 Å². The highest BCUT2D eigenvalue weighted by atomic mass is 79.9. The molecule has 1 aromatic carbocycles. The van der Waals surface area contributed by atoms with Gasteiger partial charge in [0.25, 0.3) is 0 Å². The molecule has 0 bridgehead atoms. The van der Waals surface area contributed by atoms with Crippen molar-refractivity contribution in [3.63, 3.8) is 0 Å². The van der Waals surface area contributed by atoms with Crippen molar-refractivity contribution in [2.75, 3.05) is 41.7 Å². The second-order valence-corrected chi connectivity index (χ2v) is 8.74. The molecule has 1 saturated heterocycles. The van der Waals surface area contributed by atoms with Gasteiger partial charge in [-0.25, -0.2) is 14.8 Å². The highest BCUT2D eigenvalue weighted by Crippen LogP contribution is 2.19. The predicted molar refractivity (Wildman–Crippen MR) is 126 cm³/mol. The number of halogens is 1. The van der Waals surface area contributed by atoms with Crippen LogP contribution in [-0.4, -0.2) is 53.0 Å². The number of aromatic nitrogens is 2. The maximum Gasteiger partial charge on any atom is 0.323 e. The van der Waals surface area contributed by atoms with Crippen molar-refractivity contribution in [3.05, 3.63) is 64.2 Å². The number of thiazole rings is 1. The van der Waals surface area contributed by atoms with Crippen molar-refractivity contribution >= 4 is 55.8 Å². The molecule has 2 aromatic heterocycles. The van der Waals surface area contributed by atoms with E-state index in [1.807, 2.05) is 42.5 Å². The molecule has 0 radical (unpaired) electrons. The van der Waals surface area contributed by atoms with Crippen LogP contribution in [0.4, 0.5) is 21.4 Å². The number of amides is 3. The standard InChI is InChI=1S/C21H21BrN6O2S/c22-15-4-6-16(7-5-15)24-19(29)13-17-14-31-20(25-17)26-21(30)28-11-9-27(10-12-28)18-3-1-2-8-23-18/h1-8,14H,9-13H2,(H,24,29)(H,25,26,30). The number of piperazine rings is 1. The third-order valence-electron chi connectivity index (χ3n) is 4.78. The third kappa shape index (κ3) is 5.80. The van der Waals surface area contributed by atoms with Crippen molar-refractivity contribution in [2.45, 2.75) is 6.42 Å². The van der Waals surface area contributed by atoms with E-state index in [4.69, 9.17) is 0 Å². The Balaban J connectivity index is 1.25. The Morgan fingerprint density at radius 2 is 1.81 bits per heavy atom. The second-order valence-electron chi connectivity index (χ2n) is 6.97. The number of rotatable bonds is 5. The lowest BCUT2D eigenvalue weighted by Gasteiger charge is -2.35. The van der Waals surface area contributed by atoms with Crippen molar-refractivity contribution in [1.82, 2.24) is 14.9 Å². The monoisotopic (exact) mass is 500 g/mol. The molecule has 0 saturated carbocycles. The Bertz CT molecular complexity index is 1040. The summed E-state index contributed by atoms with van der Waals surface area (Å²) in [6, 6.07) is 13.0. The first-order valence-electron chi connectivity index (χ1n) is 9.78. The van der Waals surface area contributed by atoms with Gasteiger partial charge < -0.3 is 15.1 Å². The molecule has 2 N–H and O–H groups in total. The fourth-order valence-electron chi connectivity index (χ4n) is 3.20. The molecule has 10 heteroatoms. The maximum atomic E-state index is 12.6. The number of carbonyl (C=O) groups excluding carboxylic acids is 2. The van der Waals surface area contributed by atoms with Gasteiger partial charge in [-0.15, -0.1) is 11.3 Å². The normalized spacial score (nSPS) is 13.7. The van der Waals surface area contributed by atoms with Crippen LogP contribution < -0.4 is 15.5 Å². The van der Waals surface area contributed by atoms with Crippen LogP contribution in [0.25, 0.3) is 0 Å². The van der Waals surface area contributed by atoms with E-state index in [0.717, 1.165) is 29.1 Å². The van der Waals surface area contributed by atoms with E-state index in [9.17, 15) is 9.59 Å². The molecule has 160 valence electrons. The summed E-state index contributed by atoms with van der Waals surface area (Å²) in [6.45, 7) is 2.67. The number of hydrogen-bond donors (Lipinski definition) is 2. The van der Waals surface area contributed by atoms with Crippen LogP contribution >= 0.6 is 27.3 Å². The van der Waals surface area contributed by atoms with E-state index in [1.165, 1.54) is 11.3 Å². The minimum Gasteiger partial charge on any atom is -0.353 e. The summed E-state index contributed by atoms with van der Waals surface area (Å²) in [4.78, 5) is 37.5. The third-order valence-corrected chi connectivity index (χ3v) is 6.11. The van der Waals surface area contributed by atoms with Gasteiger partial charge in [0.1, 0.15) is 5.82 Å². The van der Waals surface area contributed by atoms with Crippen molar-refractivity contribution in [2.24, 2.45) is 0 Å². The molecule has 3 heterocycles. The summed E-state index contributed by atoms with van der Waals surface area (Å²) in [5.74, 6) is 0.768. The minimum absolute atomic E-state index is 0.144. The van der Waals surface area contributed by atoms with Crippen molar-refractivity contribution in [3.8, 4) is 0 Å². The number of nitrogens with zero attached hydrogens (tertiary/aromatic N) is 4. The van der Waals surface area contributed by atoms with Crippen LogP contribution in [0.3, 0.4) is 0 Å². The smallest absolute Gasteiger partial charge is 0.323 e. The molecule has 0 aliphatic carbocycles. The predicted octanol–water partition coefficient (Wildman–Crippen LogP) is 3.84. The molecule has 1 aliphatic heterocycles. The van der Waals surface area contributed by atoms with Crippen LogP contribution in [0.2, 0.25) is 0 Å². The molecule has 3 amide bonds. The second kappa shape index (κ2) is 9.88. The Morgan fingerprint density at radius 3 is 2.52 bits per heavy atom. The van der Waals surface area contributed by atoms with Gasteiger partial charge in [0.05, 0.1) is 12.1 Å². The SMILES string of the molecule is O=C(Cc1csc(NC(=O)N2CCN(c3ccccn3)CC2)n1)Nc1ccc(Br)cc1. The Kier molecular flexibility index (Phi) is 6.78. The van der Waals surface area contributed by atoms with Gasteiger partial charge in [-0.05, 0) is 36.4 Å². The van der Waals surface area contributed by atoms with Gasteiger partial charge in [0.15, 0.2) is 5.13 Å². The maximum absolute atomic E-state index is 12.6. The highest BCUT2D eigenvalue weighted by Gasteiger charge is 2.22. The molecule has 8 nitrogen and oxygen atoms in total. The molecular formula is C21H21BrN6O2S. The average molecular weight is 501 g/mol. The molecule has 0 spiro atoms. The van der Waals surface area contributed by atoms with E-state index in [2.05, 4.69) is 41.4 Å². The van der Waals surface area contributed by atoms with Crippen molar-refractivity contribution < 1.29 is 9.59 Å². The number of carbonyl (C=O) groups is 2. The molecular weight excluding hydrogens is 480 g/mol. The van der Waals surface area contributed by atoms with Crippen molar-refractivity contribution in [1.29, 1.82) is 0 Å². The first kappa shape index (κ1) is 21.3. The molecule has 1 fully saturated rings.